The molecule has 8 heteroatoms. The molecule has 0 spiro atoms. The van der Waals surface area contributed by atoms with Crippen molar-refractivity contribution in [3.05, 3.63) is 11.7 Å². The van der Waals surface area contributed by atoms with Crippen LogP contribution in [0.4, 0.5) is 13.2 Å². The third-order valence-corrected chi connectivity index (χ3v) is 3.68. The molecule has 4 nitrogen and oxygen atoms in total. The van der Waals surface area contributed by atoms with E-state index >= 15 is 0 Å². The molecule has 1 aliphatic heterocycles. The molecule has 1 atom stereocenters. The van der Waals surface area contributed by atoms with Gasteiger partial charge < -0.3 is 10.3 Å². The summed E-state index contributed by atoms with van der Waals surface area (Å²) in [4.78, 5) is 3.34. The number of hydrogen-bond acceptors (Lipinski definition) is 5. The van der Waals surface area contributed by atoms with Gasteiger partial charge in [-0.2, -0.15) is 29.9 Å². The van der Waals surface area contributed by atoms with Gasteiger partial charge in [-0.05, 0) is 18.6 Å². The molecule has 90 valence electrons. The predicted octanol–water partition coefficient (Wildman–Crippen LogP) is 1.77. The fourth-order valence-electron chi connectivity index (χ4n) is 1.53. The Morgan fingerprint density at radius 1 is 1.44 bits per heavy atom. The third kappa shape index (κ3) is 2.17. The van der Waals surface area contributed by atoms with Crippen LogP contribution in [0.15, 0.2) is 4.52 Å². The van der Waals surface area contributed by atoms with E-state index in [-0.39, 0.29) is 5.82 Å². The number of halogens is 3. The topological polar surface area (TPSA) is 64.9 Å². The molecule has 0 aromatic carbocycles. The lowest BCUT2D eigenvalue weighted by molar-refractivity contribution is -0.159. The zero-order chi connectivity index (χ0) is 11.8. The summed E-state index contributed by atoms with van der Waals surface area (Å²) in [6, 6.07) is 0. The minimum atomic E-state index is -4.61. The molecule has 1 aromatic heterocycles. The van der Waals surface area contributed by atoms with Gasteiger partial charge in [0.1, 0.15) is 0 Å². The molecule has 2 N–H and O–H groups in total. The monoisotopic (exact) mass is 253 g/mol. The number of rotatable bonds is 1. The molecule has 2 rings (SSSR count). The molecule has 1 saturated heterocycles. The number of nitrogens with two attached hydrogens (primary N) is 1. The van der Waals surface area contributed by atoms with Gasteiger partial charge in [0.15, 0.2) is 5.82 Å². The number of alkyl halides is 3. The van der Waals surface area contributed by atoms with Crippen LogP contribution >= 0.6 is 11.8 Å². The Balaban J connectivity index is 2.24. The highest BCUT2D eigenvalue weighted by Gasteiger charge is 2.42. The molecule has 1 unspecified atom stereocenters. The van der Waals surface area contributed by atoms with Gasteiger partial charge in [0.05, 0.1) is 5.54 Å². The Kier molecular flexibility index (Phi) is 2.87. The summed E-state index contributed by atoms with van der Waals surface area (Å²) in [7, 11) is 0. The van der Waals surface area contributed by atoms with Crippen molar-refractivity contribution in [3.8, 4) is 0 Å². The van der Waals surface area contributed by atoms with Gasteiger partial charge in [0, 0.05) is 5.75 Å². The number of nitrogens with zero attached hydrogens (tertiary/aromatic N) is 2. The fourth-order valence-corrected chi connectivity index (χ4v) is 2.66. The van der Waals surface area contributed by atoms with Gasteiger partial charge in [0.2, 0.25) is 0 Å². The summed E-state index contributed by atoms with van der Waals surface area (Å²) < 4.78 is 40.9. The standard InChI is InChI=1S/C8H10F3N3OS/c9-8(10,11)6-13-5(14-15-6)7(12)2-1-3-16-4-7/h1-4,12H2. The number of aromatic nitrogens is 2. The van der Waals surface area contributed by atoms with Crippen molar-refractivity contribution in [1.29, 1.82) is 0 Å². The molecule has 0 aliphatic carbocycles. The van der Waals surface area contributed by atoms with E-state index in [1.165, 1.54) is 0 Å². The van der Waals surface area contributed by atoms with Crippen LogP contribution in [-0.4, -0.2) is 21.6 Å². The molecular weight excluding hydrogens is 243 g/mol. The van der Waals surface area contributed by atoms with Gasteiger partial charge >= 0.3 is 12.1 Å². The van der Waals surface area contributed by atoms with Crippen LogP contribution in [-0.2, 0) is 11.7 Å². The van der Waals surface area contributed by atoms with Crippen molar-refractivity contribution in [2.24, 2.45) is 5.73 Å². The van der Waals surface area contributed by atoms with E-state index in [1.807, 2.05) is 0 Å². The van der Waals surface area contributed by atoms with Gasteiger partial charge in [-0.1, -0.05) is 5.16 Å². The molecule has 1 aliphatic rings. The minimum Gasteiger partial charge on any atom is -0.329 e. The van der Waals surface area contributed by atoms with E-state index in [9.17, 15) is 13.2 Å². The highest BCUT2D eigenvalue weighted by molar-refractivity contribution is 7.99. The highest BCUT2D eigenvalue weighted by Crippen LogP contribution is 2.34. The van der Waals surface area contributed by atoms with E-state index in [0.717, 1.165) is 12.2 Å². The number of thioether (sulfide) groups is 1. The lowest BCUT2D eigenvalue weighted by Gasteiger charge is -2.29. The van der Waals surface area contributed by atoms with Crippen LogP contribution < -0.4 is 5.73 Å². The minimum absolute atomic E-state index is 0.0491. The van der Waals surface area contributed by atoms with Crippen LogP contribution in [0.25, 0.3) is 0 Å². The maximum absolute atomic E-state index is 12.3. The van der Waals surface area contributed by atoms with E-state index in [0.29, 0.717) is 12.2 Å². The van der Waals surface area contributed by atoms with E-state index in [4.69, 9.17) is 5.73 Å². The first kappa shape index (κ1) is 11.7. The Hall–Kier alpha value is -0.760. The Bertz CT molecular complexity index is 373. The van der Waals surface area contributed by atoms with Crippen molar-refractivity contribution in [2.75, 3.05) is 11.5 Å². The van der Waals surface area contributed by atoms with Gasteiger partial charge in [-0.25, -0.2) is 0 Å². The Labute approximate surface area is 93.8 Å². The maximum atomic E-state index is 12.3. The second kappa shape index (κ2) is 3.92. The molecule has 2 heterocycles. The largest absolute Gasteiger partial charge is 0.471 e. The smallest absolute Gasteiger partial charge is 0.329 e. The molecular formula is C8H10F3N3OS. The van der Waals surface area contributed by atoms with Crippen LogP contribution in [0.3, 0.4) is 0 Å². The molecule has 0 saturated carbocycles. The summed E-state index contributed by atoms with van der Waals surface area (Å²) in [6.45, 7) is 0. The SMILES string of the molecule is NC1(c2noc(C(F)(F)F)n2)CCCSC1. The molecule has 0 radical (unpaired) electrons. The average Bonchev–Trinajstić information content (AvgIpc) is 2.67. The lowest BCUT2D eigenvalue weighted by Crippen LogP contribution is -2.42. The second-order valence-electron chi connectivity index (χ2n) is 3.73. The quantitative estimate of drug-likeness (QED) is 0.826. The van der Waals surface area contributed by atoms with Gasteiger partial charge in [-0.3, -0.25) is 0 Å². The Morgan fingerprint density at radius 3 is 2.69 bits per heavy atom. The zero-order valence-corrected chi connectivity index (χ0v) is 9.07. The first-order chi connectivity index (χ1) is 7.42. The fraction of sp³-hybridized carbons (Fsp3) is 0.750. The van der Waals surface area contributed by atoms with Crippen LogP contribution in [0.2, 0.25) is 0 Å². The van der Waals surface area contributed by atoms with Crippen molar-refractivity contribution in [3.63, 3.8) is 0 Å². The van der Waals surface area contributed by atoms with Gasteiger partial charge in [-0.15, -0.1) is 0 Å². The van der Waals surface area contributed by atoms with E-state index in [1.54, 1.807) is 11.8 Å². The summed E-state index contributed by atoms with van der Waals surface area (Å²) in [6.07, 6.45) is -3.18. The molecule has 0 bridgehead atoms. The highest BCUT2D eigenvalue weighted by atomic mass is 32.2. The molecule has 0 amide bonds. The van der Waals surface area contributed by atoms with Crippen molar-refractivity contribution in [2.45, 2.75) is 24.6 Å². The van der Waals surface area contributed by atoms with E-state index in [2.05, 4.69) is 14.7 Å². The van der Waals surface area contributed by atoms with Crippen molar-refractivity contribution < 1.29 is 17.7 Å². The molecule has 1 aromatic rings. The summed E-state index contributed by atoms with van der Waals surface area (Å²) in [5, 5.41) is 3.33. The normalized spacial score (nSPS) is 27.0. The maximum Gasteiger partial charge on any atom is 0.471 e. The summed E-state index contributed by atoms with van der Waals surface area (Å²) in [5.74, 6) is 0.0992. The second-order valence-corrected chi connectivity index (χ2v) is 4.84. The Morgan fingerprint density at radius 2 is 2.19 bits per heavy atom. The third-order valence-electron chi connectivity index (χ3n) is 2.39. The summed E-state index contributed by atoms with van der Waals surface area (Å²) >= 11 is 1.59. The van der Waals surface area contributed by atoms with Crippen LogP contribution in [0.5, 0.6) is 0 Å². The van der Waals surface area contributed by atoms with E-state index < -0.39 is 17.6 Å². The van der Waals surface area contributed by atoms with Crippen LogP contribution in [0, 0.1) is 0 Å². The first-order valence-corrected chi connectivity index (χ1v) is 5.85. The molecule has 16 heavy (non-hydrogen) atoms. The van der Waals surface area contributed by atoms with Crippen molar-refractivity contribution >= 4 is 11.8 Å². The molecule has 1 fully saturated rings. The first-order valence-electron chi connectivity index (χ1n) is 4.70. The average molecular weight is 253 g/mol. The predicted molar refractivity (Wildman–Crippen MR) is 51.7 cm³/mol. The van der Waals surface area contributed by atoms with Crippen LogP contribution in [0.1, 0.15) is 24.6 Å². The number of hydrogen-bond donors (Lipinski definition) is 1. The summed E-state index contributed by atoms with van der Waals surface area (Å²) in [5.41, 5.74) is 5.07. The van der Waals surface area contributed by atoms with Crippen molar-refractivity contribution in [1.82, 2.24) is 10.1 Å². The lowest BCUT2D eigenvalue weighted by atomic mass is 9.96. The van der Waals surface area contributed by atoms with Gasteiger partial charge in [0.25, 0.3) is 0 Å². The zero-order valence-electron chi connectivity index (χ0n) is 8.25.